The Morgan fingerprint density at radius 3 is 2.26 bits per heavy atom. The van der Waals surface area contributed by atoms with Gasteiger partial charge in [-0.1, -0.05) is 5.01 Å². The van der Waals surface area contributed by atoms with E-state index in [4.69, 9.17) is 0 Å². The molecule has 1 rings (SSSR count). The summed E-state index contributed by atoms with van der Waals surface area (Å²) < 4.78 is -1.29. The third kappa shape index (κ3) is 4.00. The molecule has 0 aromatic heterocycles. The molecule has 8 nitrogen and oxygen atoms in total. The van der Waals surface area contributed by atoms with Gasteiger partial charge in [0.2, 0.25) is 0 Å². The zero-order valence-corrected chi connectivity index (χ0v) is 14.9. The van der Waals surface area contributed by atoms with Crippen molar-refractivity contribution in [2.24, 2.45) is 0 Å². The van der Waals surface area contributed by atoms with Crippen molar-refractivity contribution in [3.05, 3.63) is 5.21 Å². The minimum absolute atomic E-state index is 0.0193. The number of imide groups is 1. The summed E-state index contributed by atoms with van der Waals surface area (Å²) >= 11 is 0. The number of amides is 2. The number of carbonyl (C=O) groups excluding carboxylic acids is 1. The molecule has 0 aliphatic carbocycles. The van der Waals surface area contributed by atoms with Gasteiger partial charge in [-0.2, -0.15) is 0 Å². The van der Waals surface area contributed by atoms with Crippen molar-refractivity contribution >= 4 is 12.0 Å². The minimum atomic E-state index is -1.52. The summed E-state index contributed by atoms with van der Waals surface area (Å²) in [6.07, 6.45) is -0.987. The molecule has 1 heterocycles. The number of hydroxylamine groups is 2. The van der Waals surface area contributed by atoms with E-state index in [1.807, 2.05) is 13.8 Å². The highest BCUT2D eigenvalue weighted by molar-refractivity contribution is 5.93. The van der Waals surface area contributed by atoms with E-state index in [1.54, 1.807) is 27.7 Å². The number of nitrogens with one attached hydrogen (secondary N) is 2. The Bertz CT molecular complexity index is 443. The number of carboxylic acid groups (broad SMARTS) is 1. The van der Waals surface area contributed by atoms with Gasteiger partial charge >= 0.3 is 6.09 Å². The number of rotatable bonds is 5. The summed E-state index contributed by atoms with van der Waals surface area (Å²) in [5.74, 6) is -0.683. The molecule has 8 heteroatoms. The number of hydrogen-bond donors (Lipinski definition) is 3. The molecular formula is C15H30N4O4. The van der Waals surface area contributed by atoms with Crippen LogP contribution in [0.1, 0.15) is 54.4 Å². The first-order valence-electron chi connectivity index (χ1n) is 8.09. The maximum atomic E-state index is 13.7. The lowest BCUT2D eigenvalue weighted by atomic mass is 10.1. The molecule has 1 saturated heterocycles. The molecule has 23 heavy (non-hydrogen) atoms. The number of hydrogen-bond acceptors (Lipinski definition) is 5. The van der Waals surface area contributed by atoms with Crippen molar-refractivity contribution < 1.29 is 19.5 Å². The average molecular weight is 330 g/mol. The second-order valence-electron chi connectivity index (χ2n) is 7.37. The zero-order chi connectivity index (χ0) is 18.0. The van der Waals surface area contributed by atoms with Crippen LogP contribution >= 0.6 is 0 Å². The van der Waals surface area contributed by atoms with E-state index in [-0.39, 0.29) is 6.04 Å². The molecule has 3 atom stereocenters. The van der Waals surface area contributed by atoms with Crippen molar-refractivity contribution in [1.29, 1.82) is 0 Å². The van der Waals surface area contributed by atoms with E-state index in [2.05, 4.69) is 10.6 Å². The van der Waals surface area contributed by atoms with Gasteiger partial charge < -0.3 is 15.6 Å². The van der Waals surface area contributed by atoms with Crippen LogP contribution in [0.3, 0.4) is 0 Å². The molecule has 0 radical (unpaired) electrons. The standard InChI is InChI=1S/C15H30N4O4/c1-10(2)17-11(3)19(23,15(4,5)6)18(14(21)22)13(20)12-8-7-9-16-12/h10-12,16-17H,7-9H2,1-6H3,(H,21,22)/t11-,12+,19?/m1/s1. The van der Waals surface area contributed by atoms with E-state index in [0.29, 0.717) is 18.0 Å². The van der Waals surface area contributed by atoms with Gasteiger partial charge in [-0.05, 0) is 54.0 Å². The fourth-order valence-corrected chi connectivity index (χ4v) is 3.05. The van der Waals surface area contributed by atoms with Crippen LogP contribution < -0.4 is 10.6 Å². The van der Waals surface area contributed by atoms with Crippen molar-refractivity contribution in [2.75, 3.05) is 6.54 Å². The van der Waals surface area contributed by atoms with Crippen molar-refractivity contribution in [3.63, 3.8) is 0 Å². The predicted molar refractivity (Wildman–Crippen MR) is 87.0 cm³/mol. The quantitative estimate of drug-likeness (QED) is 0.402. The van der Waals surface area contributed by atoms with Gasteiger partial charge in [0.05, 0.1) is 6.04 Å². The fourth-order valence-electron chi connectivity index (χ4n) is 3.05. The van der Waals surface area contributed by atoms with Crippen molar-refractivity contribution in [1.82, 2.24) is 15.6 Å². The number of nitrogens with zero attached hydrogens (tertiary/aromatic N) is 2. The van der Waals surface area contributed by atoms with Gasteiger partial charge in [-0.15, -0.1) is 0 Å². The molecule has 0 aromatic carbocycles. The van der Waals surface area contributed by atoms with Gasteiger partial charge in [-0.25, -0.2) is 9.55 Å². The van der Waals surface area contributed by atoms with Crippen LogP contribution in [0.5, 0.6) is 0 Å². The molecule has 0 spiro atoms. The molecule has 1 aliphatic heterocycles. The summed E-state index contributed by atoms with van der Waals surface area (Å²) in [6, 6.07) is -0.639. The summed E-state index contributed by atoms with van der Waals surface area (Å²) in [6.45, 7) is 10.9. The van der Waals surface area contributed by atoms with Crippen LogP contribution in [-0.4, -0.2) is 57.2 Å². The van der Waals surface area contributed by atoms with Gasteiger partial charge in [0.15, 0.2) is 6.17 Å². The monoisotopic (exact) mass is 330 g/mol. The van der Waals surface area contributed by atoms with Crippen LogP contribution in [-0.2, 0) is 4.79 Å². The van der Waals surface area contributed by atoms with E-state index in [0.717, 1.165) is 6.42 Å². The first kappa shape index (κ1) is 19.8. The maximum absolute atomic E-state index is 13.7. The SMILES string of the molecule is CC(C)N[C@@H](C)[N+]([O-])(N(C(=O)O)C(=O)[C@@H]1CCCN1)C(C)(C)C. The Morgan fingerprint density at radius 2 is 1.91 bits per heavy atom. The smallest absolute Gasteiger partial charge is 0.460 e. The number of carbonyl (C=O) groups is 2. The third-order valence-corrected chi connectivity index (χ3v) is 4.11. The Kier molecular flexibility index (Phi) is 6.14. The Balaban J connectivity index is 3.28. The largest absolute Gasteiger partial charge is 0.604 e. The summed E-state index contributed by atoms with van der Waals surface area (Å²) in [4.78, 5) is 24.5. The van der Waals surface area contributed by atoms with Crippen molar-refractivity contribution in [3.8, 4) is 0 Å². The first-order chi connectivity index (χ1) is 10.4. The first-order valence-corrected chi connectivity index (χ1v) is 8.09. The molecule has 2 amide bonds. The molecule has 3 N–H and O–H groups in total. The van der Waals surface area contributed by atoms with Gasteiger partial charge in [0, 0.05) is 13.0 Å². The fraction of sp³-hybridized carbons (Fsp3) is 0.867. The topological polar surface area (TPSA) is 105 Å². The summed E-state index contributed by atoms with van der Waals surface area (Å²) in [5, 5.41) is 29.8. The molecule has 1 aliphatic rings. The van der Waals surface area contributed by atoms with E-state index in [1.165, 1.54) is 0 Å². The summed E-state index contributed by atoms with van der Waals surface area (Å²) in [7, 11) is 0. The second kappa shape index (κ2) is 7.12. The molecule has 0 saturated carbocycles. The van der Waals surface area contributed by atoms with Crippen LogP contribution in [0.25, 0.3) is 0 Å². The van der Waals surface area contributed by atoms with Crippen LogP contribution in [0.2, 0.25) is 0 Å². The normalized spacial score (nSPS) is 22.7. The lowest BCUT2D eigenvalue weighted by Crippen LogP contribution is -2.76. The van der Waals surface area contributed by atoms with E-state index >= 15 is 0 Å². The summed E-state index contributed by atoms with van der Waals surface area (Å²) in [5.41, 5.74) is -1.03. The molecule has 1 fully saturated rings. The highest BCUT2D eigenvalue weighted by Gasteiger charge is 2.51. The maximum Gasteiger partial charge on any atom is 0.460 e. The minimum Gasteiger partial charge on any atom is -0.604 e. The van der Waals surface area contributed by atoms with Crippen LogP contribution in [0, 0.1) is 5.21 Å². The van der Waals surface area contributed by atoms with Crippen LogP contribution in [0.15, 0.2) is 0 Å². The Morgan fingerprint density at radius 1 is 1.35 bits per heavy atom. The lowest BCUT2D eigenvalue weighted by Gasteiger charge is -2.57. The molecule has 1 unspecified atom stereocenters. The van der Waals surface area contributed by atoms with Gasteiger partial charge in [-0.3, -0.25) is 10.1 Å². The predicted octanol–water partition coefficient (Wildman–Crippen LogP) is 1.62. The molecule has 134 valence electrons. The molecule has 0 bridgehead atoms. The van der Waals surface area contributed by atoms with Crippen LogP contribution in [0.4, 0.5) is 4.79 Å². The lowest BCUT2D eigenvalue weighted by molar-refractivity contribution is -1.03. The van der Waals surface area contributed by atoms with Crippen molar-refractivity contribution in [2.45, 2.75) is 78.2 Å². The Labute approximate surface area is 138 Å². The zero-order valence-electron chi connectivity index (χ0n) is 14.9. The van der Waals surface area contributed by atoms with Gasteiger partial charge in [0.1, 0.15) is 5.54 Å². The van der Waals surface area contributed by atoms with Gasteiger partial charge in [0.25, 0.3) is 5.91 Å². The molecular weight excluding hydrogens is 300 g/mol. The van der Waals surface area contributed by atoms with E-state index in [9.17, 15) is 19.9 Å². The average Bonchev–Trinajstić information content (AvgIpc) is 2.89. The number of quaternary nitrogens is 1. The third-order valence-electron chi connectivity index (χ3n) is 4.11. The Hall–Kier alpha value is -1.22. The second-order valence-corrected chi connectivity index (χ2v) is 7.37. The highest BCUT2D eigenvalue weighted by atomic mass is 16.6. The highest BCUT2D eigenvalue weighted by Crippen LogP contribution is 2.31. The van der Waals surface area contributed by atoms with E-state index < -0.39 is 34.5 Å². The molecule has 0 aromatic rings.